The Morgan fingerprint density at radius 2 is 0.500 bits per heavy atom. The maximum atomic E-state index is 13.1. The van der Waals surface area contributed by atoms with Gasteiger partial charge in [0.25, 0.3) is 0 Å². The molecule has 0 aromatic rings. The normalized spacial score (nSPS) is 14.0. The van der Waals surface area contributed by atoms with Crippen LogP contribution in [-0.4, -0.2) is 96.7 Å². The number of ether oxygens (including phenoxy) is 4. The second-order valence-electron chi connectivity index (χ2n) is 27.1. The summed E-state index contributed by atoms with van der Waals surface area (Å²) in [6.07, 6.45) is 64.9. The van der Waals surface area contributed by atoms with Crippen molar-refractivity contribution in [2.75, 3.05) is 39.6 Å². The van der Waals surface area contributed by atoms with Crippen LogP contribution in [-0.2, 0) is 65.4 Å². The predicted molar refractivity (Wildman–Crippen MR) is 391 cm³/mol. The zero-order chi connectivity index (χ0) is 70.4. The molecule has 0 fully saturated rings. The second-order valence-corrected chi connectivity index (χ2v) is 30.0. The molecule has 0 rings (SSSR count). The summed E-state index contributed by atoms with van der Waals surface area (Å²) < 4.78 is 68.4. The smallest absolute Gasteiger partial charge is 0.462 e. The summed E-state index contributed by atoms with van der Waals surface area (Å²) in [6, 6.07) is 0. The van der Waals surface area contributed by atoms with E-state index in [0.717, 1.165) is 122 Å². The molecule has 96 heavy (non-hydrogen) atoms. The van der Waals surface area contributed by atoms with Crippen LogP contribution in [0.3, 0.4) is 0 Å². The highest BCUT2D eigenvalue weighted by molar-refractivity contribution is 7.47. The maximum absolute atomic E-state index is 13.1. The van der Waals surface area contributed by atoms with Crippen LogP contribution in [0.4, 0.5) is 0 Å². The average molecular weight is 1410 g/mol. The first kappa shape index (κ1) is 93.5. The van der Waals surface area contributed by atoms with Gasteiger partial charge in [-0.05, 0) is 51.4 Å². The lowest BCUT2D eigenvalue weighted by Crippen LogP contribution is -2.30. The Morgan fingerprint density at radius 1 is 0.292 bits per heavy atom. The van der Waals surface area contributed by atoms with Crippen LogP contribution in [0.2, 0.25) is 0 Å². The molecule has 0 aromatic carbocycles. The van der Waals surface area contributed by atoms with Gasteiger partial charge in [0.1, 0.15) is 19.3 Å². The molecule has 17 nitrogen and oxygen atoms in total. The molecule has 2 unspecified atom stereocenters. The van der Waals surface area contributed by atoms with E-state index in [1.54, 1.807) is 0 Å². The van der Waals surface area contributed by atoms with E-state index >= 15 is 0 Å². The lowest BCUT2D eigenvalue weighted by Gasteiger charge is -2.21. The van der Waals surface area contributed by atoms with Crippen molar-refractivity contribution in [1.82, 2.24) is 0 Å². The maximum Gasteiger partial charge on any atom is 0.472 e. The van der Waals surface area contributed by atoms with Crippen LogP contribution >= 0.6 is 15.6 Å². The fourth-order valence-electron chi connectivity index (χ4n) is 11.4. The number of aliphatic hydroxyl groups excluding tert-OH is 1. The number of phosphoric ester groups is 2. The fourth-order valence-corrected chi connectivity index (χ4v) is 13.0. The minimum Gasteiger partial charge on any atom is -0.462 e. The summed E-state index contributed by atoms with van der Waals surface area (Å²) >= 11 is 0. The molecule has 3 N–H and O–H groups in total. The van der Waals surface area contributed by atoms with Crippen molar-refractivity contribution in [1.29, 1.82) is 0 Å². The summed E-state index contributed by atoms with van der Waals surface area (Å²) in [5.41, 5.74) is 0. The molecular formula is C77H146O17P2. The van der Waals surface area contributed by atoms with Crippen molar-refractivity contribution in [2.45, 2.75) is 406 Å². The lowest BCUT2D eigenvalue weighted by atomic mass is 10.0. The van der Waals surface area contributed by atoms with E-state index in [9.17, 15) is 43.2 Å². The molecule has 0 aliphatic rings. The number of hydrogen-bond donors (Lipinski definition) is 3. The number of hydrogen-bond acceptors (Lipinski definition) is 15. The third-order valence-electron chi connectivity index (χ3n) is 17.5. The van der Waals surface area contributed by atoms with Crippen molar-refractivity contribution < 1.29 is 80.2 Å². The largest absolute Gasteiger partial charge is 0.472 e. The van der Waals surface area contributed by atoms with Gasteiger partial charge in [-0.2, -0.15) is 0 Å². The number of esters is 4. The summed E-state index contributed by atoms with van der Waals surface area (Å²) in [5.74, 6) is -2.15. The summed E-state index contributed by atoms with van der Waals surface area (Å²) in [4.78, 5) is 72.6. The zero-order valence-corrected chi connectivity index (χ0v) is 63.6. The van der Waals surface area contributed by atoms with Gasteiger partial charge in [-0.1, -0.05) is 335 Å². The minimum atomic E-state index is -4.96. The van der Waals surface area contributed by atoms with Gasteiger partial charge in [0.05, 0.1) is 26.4 Å². The fraction of sp³-hybridized carbons (Fsp3) is 0.896. The van der Waals surface area contributed by atoms with Gasteiger partial charge in [-0.25, -0.2) is 9.13 Å². The molecular weight excluding hydrogens is 1260 g/mol. The van der Waals surface area contributed by atoms with Crippen LogP contribution in [0.15, 0.2) is 24.3 Å². The number of phosphoric acid groups is 2. The highest BCUT2D eigenvalue weighted by Crippen LogP contribution is 2.45. The lowest BCUT2D eigenvalue weighted by molar-refractivity contribution is -0.161. The molecule has 0 saturated carbocycles. The Kier molecular flexibility index (Phi) is 69.1. The van der Waals surface area contributed by atoms with E-state index < -0.39 is 97.5 Å². The number of unbranched alkanes of at least 4 members (excludes halogenated alkanes) is 47. The van der Waals surface area contributed by atoms with Gasteiger partial charge in [0, 0.05) is 25.7 Å². The number of carbonyl (C=O) groups excluding carboxylic acids is 4. The van der Waals surface area contributed by atoms with E-state index in [1.165, 1.54) is 186 Å². The first-order chi connectivity index (χ1) is 46.7. The first-order valence-electron chi connectivity index (χ1n) is 39.6. The van der Waals surface area contributed by atoms with Crippen LogP contribution in [0, 0.1) is 0 Å². The Morgan fingerprint density at radius 3 is 0.760 bits per heavy atom. The molecule has 0 heterocycles. The SMILES string of the molecule is CCCCCC/C=C\C=C/CCCCCCCC(=O)OC[C@H](COP(=O)(O)OC[C@@H](O)COP(=O)(O)OC[C@@H](COC(=O)CCCCCCCCC)OC(=O)CCCCCCCCCCCCCC)OC(=O)CCCCCCCCCCCCCCCCCCCCCCCC. The summed E-state index contributed by atoms with van der Waals surface area (Å²) in [6.45, 7) is 4.88. The van der Waals surface area contributed by atoms with Crippen molar-refractivity contribution in [3.63, 3.8) is 0 Å². The van der Waals surface area contributed by atoms with Crippen molar-refractivity contribution in [3.8, 4) is 0 Å². The van der Waals surface area contributed by atoms with Crippen molar-refractivity contribution >= 4 is 39.5 Å². The molecule has 0 aliphatic carbocycles. The topological polar surface area (TPSA) is 237 Å². The number of aliphatic hydroxyl groups is 1. The minimum absolute atomic E-state index is 0.102. The van der Waals surface area contributed by atoms with Gasteiger partial charge in [-0.15, -0.1) is 0 Å². The summed E-state index contributed by atoms with van der Waals surface area (Å²) in [7, 11) is -9.91. The monoisotopic (exact) mass is 1410 g/mol. The molecule has 0 amide bonds. The van der Waals surface area contributed by atoms with Crippen LogP contribution in [0.1, 0.15) is 387 Å². The Labute approximate surface area is 586 Å². The van der Waals surface area contributed by atoms with E-state index in [2.05, 4.69) is 52.0 Å². The van der Waals surface area contributed by atoms with Gasteiger partial charge in [-0.3, -0.25) is 37.3 Å². The standard InChI is InChI=1S/C77H146O17P2/c1-5-9-13-17-21-24-27-30-32-33-34-35-36-37-38-40-42-45-48-52-56-60-64-77(82)94-73(68-88-75(80)62-58-54-50-46-44-41-39-31-28-25-22-18-14-10-6-2)70-92-96(85,86)90-66-71(78)65-89-95(83,84)91-69-72(67-87-74(79)61-57-53-49-20-16-12-8-4)93-76(81)63-59-55-51-47-43-29-26-23-19-15-11-7-3/h25,28,31,39,71-73,78H,5-24,26-27,29-30,32-38,40-70H2,1-4H3,(H,83,84)(H,85,86)/b28-25-,39-31-/t71-,72+,73+/m0/s1. The van der Waals surface area contributed by atoms with Crippen molar-refractivity contribution in [2.24, 2.45) is 0 Å². The highest BCUT2D eigenvalue weighted by atomic mass is 31.2. The van der Waals surface area contributed by atoms with E-state index in [-0.39, 0.29) is 25.7 Å². The Balaban J connectivity index is 5.18. The van der Waals surface area contributed by atoms with Crippen LogP contribution in [0.5, 0.6) is 0 Å². The number of carbonyl (C=O) groups is 4. The van der Waals surface area contributed by atoms with Gasteiger partial charge in [0.2, 0.25) is 0 Å². The molecule has 0 aromatic heterocycles. The first-order valence-corrected chi connectivity index (χ1v) is 42.6. The van der Waals surface area contributed by atoms with Crippen molar-refractivity contribution in [3.05, 3.63) is 24.3 Å². The third kappa shape index (κ3) is 70.0. The zero-order valence-electron chi connectivity index (χ0n) is 61.8. The van der Waals surface area contributed by atoms with Gasteiger partial charge in [0.15, 0.2) is 12.2 Å². The summed E-state index contributed by atoms with van der Waals surface area (Å²) in [5, 5.41) is 10.6. The highest BCUT2D eigenvalue weighted by Gasteiger charge is 2.30. The van der Waals surface area contributed by atoms with Crippen LogP contribution in [0.25, 0.3) is 0 Å². The van der Waals surface area contributed by atoms with Crippen LogP contribution < -0.4 is 0 Å². The molecule has 0 spiro atoms. The molecule has 0 radical (unpaired) electrons. The quantitative estimate of drug-likeness (QED) is 0.0169. The molecule has 0 aliphatic heterocycles. The third-order valence-corrected chi connectivity index (χ3v) is 19.4. The van der Waals surface area contributed by atoms with E-state index in [1.807, 2.05) is 0 Å². The molecule has 0 bridgehead atoms. The predicted octanol–water partition coefficient (Wildman–Crippen LogP) is 22.6. The van der Waals surface area contributed by atoms with E-state index in [0.29, 0.717) is 25.7 Å². The molecule has 566 valence electrons. The number of allylic oxidation sites excluding steroid dienone is 4. The molecule has 19 heteroatoms. The molecule has 0 saturated heterocycles. The van der Waals surface area contributed by atoms with E-state index in [4.69, 9.17) is 37.0 Å². The Bertz CT molecular complexity index is 1920. The average Bonchev–Trinajstić information content (AvgIpc) is 2.18. The number of rotatable bonds is 76. The molecule has 5 atom stereocenters. The van der Waals surface area contributed by atoms with Gasteiger partial charge < -0.3 is 33.8 Å². The Hall–Kier alpha value is -2.46. The second kappa shape index (κ2) is 71.0. The van der Waals surface area contributed by atoms with Gasteiger partial charge >= 0.3 is 39.5 Å².